The average Bonchev–Trinajstić information content (AvgIpc) is 1.66. The van der Waals surface area contributed by atoms with Crippen molar-refractivity contribution in [1.82, 2.24) is 0 Å². The maximum atomic E-state index is 7.15. The Morgan fingerprint density at radius 1 is 0.232 bits per heavy atom. The van der Waals surface area contributed by atoms with Crippen molar-refractivity contribution in [3.8, 4) is 45.9 Å². The molecule has 12 aromatic rings. The summed E-state index contributed by atoms with van der Waals surface area (Å²) in [5, 5.41) is 12.1. The van der Waals surface area contributed by atoms with Gasteiger partial charge in [0.2, 0.25) is 0 Å². The molecule has 0 saturated carbocycles. The molecule has 95 heavy (non-hydrogen) atoms. The van der Waals surface area contributed by atoms with Crippen molar-refractivity contribution in [3.63, 3.8) is 0 Å². The van der Waals surface area contributed by atoms with Crippen LogP contribution in [0, 0.1) is 49.4 Å². The second-order valence-electron chi connectivity index (χ2n) is 22.6. The molecule has 14 rings (SSSR count). The van der Waals surface area contributed by atoms with E-state index in [1.165, 1.54) is 118 Å². The molecule has 478 valence electrons. The molecule has 0 spiro atoms. The zero-order valence-corrected chi connectivity index (χ0v) is 64.8. The van der Waals surface area contributed by atoms with Crippen LogP contribution < -0.4 is 42.4 Å². The molecule has 8 heteroatoms. The summed E-state index contributed by atoms with van der Waals surface area (Å²) in [7, 11) is -3.12. The molecule has 0 amide bonds. The molecule has 0 unspecified atom stereocenters. The SMILES string of the molecule is [Au+].[Au+].[Au+].[Au+].[C-]#Cc1ccc2c(c1)Cc1cc(C#[C-])ccc1-2.[C-]#Cc1ccc2c(c1)Cc1cc(C#[C-])ccc1-2.c1ccc([PH+](CCCC[PH+](c2ccccc2)c2ccccc2)c2ccccc2)cc1.c1ccc([PH+](C[PH+](c2ccccc2)c2ccccc2)c2ccccc2)cc1. The molecular formula is C87H70Au4P4+4. The van der Waals surface area contributed by atoms with E-state index in [0.29, 0.717) is 0 Å². The van der Waals surface area contributed by atoms with Gasteiger partial charge in [-0.25, -0.2) is 0 Å². The monoisotopic (exact) mass is 2030 g/mol. The Labute approximate surface area is 632 Å². The van der Waals surface area contributed by atoms with Crippen molar-refractivity contribution in [2.75, 3.05) is 18.2 Å². The van der Waals surface area contributed by atoms with Crippen LogP contribution in [-0.4, -0.2) is 18.2 Å². The molecular weight excluding hydrogens is 1960 g/mol. The molecule has 0 saturated heterocycles. The van der Waals surface area contributed by atoms with Gasteiger partial charge < -0.3 is 25.7 Å². The zero-order valence-electron chi connectivity index (χ0n) is 52.2. The number of unbranched alkanes of at least 4 members (excludes halogenated alkanes) is 1. The smallest absolute Gasteiger partial charge is 0.366 e. The van der Waals surface area contributed by atoms with E-state index in [2.05, 4.69) is 266 Å². The van der Waals surface area contributed by atoms with Crippen LogP contribution in [-0.2, 0) is 102 Å². The number of benzene rings is 12. The first-order chi connectivity index (χ1) is 45.0. The van der Waals surface area contributed by atoms with Crippen LogP contribution in [0.15, 0.2) is 315 Å². The van der Waals surface area contributed by atoms with Gasteiger partial charge in [0.1, 0.15) is 37.1 Å². The first-order valence-corrected chi connectivity index (χ1v) is 37.9. The molecule has 0 aliphatic heterocycles. The van der Waals surface area contributed by atoms with Gasteiger partial charge in [0.15, 0.2) is 5.90 Å². The minimum Gasteiger partial charge on any atom is -0.366 e. The zero-order chi connectivity index (χ0) is 62.4. The van der Waals surface area contributed by atoms with Crippen molar-refractivity contribution < 1.29 is 89.5 Å². The van der Waals surface area contributed by atoms with Crippen LogP contribution >= 0.6 is 31.7 Å². The summed E-state index contributed by atoms with van der Waals surface area (Å²) in [6.07, 6.45) is 35.5. The van der Waals surface area contributed by atoms with Gasteiger partial charge in [0.05, 0.1) is 49.4 Å². The molecule has 0 radical (unpaired) electrons. The topological polar surface area (TPSA) is 0 Å². The van der Waals surface area contributed by atoms with E-state index < -0.39 is 31.7 Å². The Bertz CT molecular complexity index is 3920. The van der Waals surface area contributed by atoms with Crippen molar-refractivity contribution in [3.05, 3.63) is 386 Å². The van der Waals surface area contributed by atoms with Crippen LogP contribution in [0.3, 0.4) is 0 Å². The third kappa shape index (κ3) is 20.6. The van der Waals surface area contributed by atoms with Gasteiger partial charge in [-0.2, -0.15) is 0 Å². The standard InChI is InChI=1S/C28H28P2.C25H22P2.2C17H8.4Au/c1-5-15-25(16-6-1)29(26-17-7-2-8-18-26)23-13-14-24-30(27-19-9-3-10-20-27)28-21-11-4-12-22-28;1-5-13-22(14-6-1)26(23-15-7-2-8-16-23)21-27(24-17-9-3-10-18-24)25-19-11-4-12-20-25;2*1-3-12-5-7-16-14(9-12)11-15-10-13(4-2)6-8-17(15)16;;;;/h1-12,15-22H,13-14,23-24H2;1-20H,21H2;2*5-10H,11H2;;;;/q;;2*-2;4*+1/p+4. The Kier molecular flexibility index (Phi) is 31.7. The van der Waals surface area contributed by atoms with Gasteiger partial charge in [0.25, 0.3) is 0 Å². The van der Waals surface area contributed by atoms with E-state index in [-0.39, 0.29) is 89.5 Å². The molecule has 0 fully saturated rings. The van der Waals surface area contributed by atoms with Gasteiger partial charge in [-0.3, -0.25) is 23.7 Å². The first-order valence-electron chi connectivity index (χ1n) is 31.1. The molecule has 0 bridgehead atoms. The third-order valence-electron chi connectivity index (χ3n) is 16.8. The third-order valence-corrected chi connectivity index (χ3v) is 29.6. The normalized spacial score (nSPS) is 10.7. The molecule has 0 aromatic heterocycles. The Balaban J connectivity index is 0.000000181. The van der Waals surface area contributed by atoms with E-state index in [9.17, 15) is 0 Å². The summed E-state index contributed by atoms with van der Waals surface area (Å²) in [5.41, 5.74) is 13.1. The Morgan fingerprint density at radius 3 is 0.589 bits per heavy atom. The van der Waals surface area contributed by atoms with Gasteiger partial charge in [0, 0.05) is 0 Å². The predicted molar refractivity (Wildman–Crippen MR) is 400 cm³/mol. The Morgan fingerprint density at radius 2 is 0.411 bits per heavy atom. The maximum Gasteiger partial charge on any atom is 1.00 e. The van der Waals surface area contributed by atoms with Crippen LogP contribution in [0.5, 0.6) is 0 Å². The van der Waals surface area contributed by atoms with E-state index in [4.69, 9.17) is 25.7 Å². The predicted octanol–water partition coefficient (Wildman–Crippen LogP) is 16.4. The fourth-order valence-corrected chi connectivity index (χ4v) is 25.4. The molecule has 0 atom stereocenters. The van der Waals surface area contributed by atoms with Crippen molar-refractivity contribution in [2.45, 2.75) is 25.7 Å². The van der Waals surface area contributed by atoms with Crippen LogP contribution in [0.25, 0.3) is 22.3 Å². The van der Waals surface area contributed by atoms with Crippen molar-refractivity contribution in [2.24, 2.45) is 0 Å². The summed E-state index contributed by atoms with van der Waals surface area (Å²) in [5.74, 6) is 10.9. The van der Waals surface area contributed by atoms with Crippen molar-refractivity contribution >= 4 is 74.1 Å². The van der Waals surface area contributed by atoms with Gasteiger partial charge in [-0.05, 0) is 145 Å². The average molecular weight is 2030 g/mol. The van der Waals surface area contributed by atoms with Crippen molar-refractivity contribution in [1.29, 1.82) is 0 Å². The number of hydrogen-bond donors (Lipinski definition) is 0. The van der Waals surface area contributed by atoms with Gasteiger partial charge in [-0.15, -0.1) is 70.8 Å². The quantitative estimate of drug-likeness (QED) is 0.0315. The van der Waals surface area contributed by atoms with Crippen LogP contribution in [0.2, 0.25) is 0 Å². The molecule has 2 aliphatic carbocycles. The van der Waals surface area contributed by atoms with E-state index >= 15 is 0 Å². The summed E-state index contributed by atoms with van der Waals surface area (Å²) in [6, 6.07) is 113. The van der Waals surface area contributed by atoms with Crippen LogP contribution in [0.1, 0.15) is 57.3 Å². The van der Waals surface area contributed by atoms with E-state index in [1.54, 1.807) is 0 Å². The largest absolute Gasteiger partial charge is 1.00 e. The summed E-state index contributed by atoms with van der Waals surface area (Å²) >= 11 is 0. The number of rotatable bonds is 15. The van der Waals surface area contributed by atoms with E-state index in [1.807, 2.05) is 72.8 Å². The summed E-state index contributed by atoms with van der Waals surface area (Å²) < 4.78 is 0. The maximum absolute atomic E-state index is 7.15. The van der Waals surface area contributed by atoms with Gasteiger partial charge in [-0.1, -0.05) is 192 Å². The second kappa shape index (κ2) is 39.7. The van der Waals surface area contributed by atoms with Gasteiger partial charge >= 0.3 is 89.5 Å². The first kappa shape index (κ1) is 75.9. The van der Waals surface area contributed by atoms with Crippen LogP contribution in [0.4, 0.5) is 0 Å². The molecule has 0 nitrogen and oxygen atoms in total. The summed E-state index contributed by atoms with van der Waals surface area (Å²) in [4.78, 5) is 0. The molecule has 2 aliphatic rings. The minimum atomic E-state index is -0.847. The number of fused-ring (bicyclic) bond motifs is 6. The number of hydrogen-bond acceptors (Lipinski definition) is 0. The second-order valence-corrected chi connectivity index (χ2v) is 33.4. The minimum absolute atomic E-state index is 0. The fraction of sp³-hybridized carbons (Fsp3) is 0.0805. The van der Waals surface area contributed by atoms with E-state index in [0.717, 1.165) is 35.1 Å². The molecule has 12 aromatic carbocycles. The molecule has 0 heterocycles. The molecule has 0 N–H and O–H groups in total. The Hall–Kier alpha value is -6.44. The summed E-state index contributed by atoms with van der Waals surface area (Å²) in [6.45, 7) is 0. The fourth-order valence-electron chi connectivity index (χ4n) is 12.3.